The number of H-pyrrole nitrogens is 1. The van der Waals surface area contributed by atoms with Crippen molar-refractivity contribution in [1.82, 2.24) is 14.9 Å². The molecular weight excluding hydrogens is 394 g/mol. The van der Waals surface area contributed by atoms with Crippen LogP contribution in [-0.2, 0) is 6.42 Å². The maximum atomic E-state index is 13.4. The van der Waals surface area contributed by atoms with E-state index in [1.807, 2.05) is 30.0 Å². The fraction of sp³-hybridized carbons (Fsp3) is 0.458. The Labute approximate surface area is 180 Å². The molecule has 1 fully saturated rings. The van der Waals surface area contributed by atoms with Gasteiger partial charge in [0.1, 0.15) is 5.69 Å². The van der Waals surface area contributed by atoms with Crippen LogP contribution in [-0.4, -0.2) is 39.6 Å². The second-order valence-electron chi connectivity index (χ2n) is 9.53. The molecule has 1 aliphatic carbocycles. The number of Topliss-reactive ketones (excluding diaryl/α,β-unsaturated/α-hetero) is 1. The number of thiazole rings is 1. The van der Waals surface area contributed by atoms with E-state index in [-0.39, 0.29) is 23.0 Å². The van der Waals surface area contributed by atoms with Gasteiger partial charge in [-0.25, -0.2) is 4.98 Å². The summed E-state index contributed by atoms with van der Waals surface area (Å²) >= 11 is 1.74. The van der Waals surface area contributed by atoms with Gasteiger partial charge in [0.2, 0.25) is 0 Å². The number of hydrogen-bond donors (Lipinski definition) is 1. The maximum absolute atomic E-state index is 13.4. The first-order valence-electron chi connectivity index (χ1n) is 10.7. The number of fused-ring (bicyclic) bond motifs is 2. The number of likely N-dealkylation sites (tertiary alicyclic amines) is 1. The van der Waals surface area contributed by atoms with Crippen LogP contribution >= 0.6 is 11.3 Å². The molecule has 30 heavy (non-hydrogen) atoms. The molecular formula is C24H27N3O2S. The van der Waals surface area contributed by atoms with Gasteiger partial charge < -0.3 is 9.88 Å². The van der Waals surface area contributed by atoms with Crippen LogP contribution in [0, 0.1) is 12.3 Å². The lowest BCUT2D eigenvalue weighted by molar-refractivity contribution is 0.0700. The first-order chi connectivity index (χ1) is 14.3. The van der Waals surface area contributed by atoms with Crippen LogP contribution < -0.4 is 0 Å². The van der Waals surface area contributed by atoms with Crippen molar-refractivity contribution in [1.29, 1.82) is 0 Å². The van der Waals surface area contributed by atoms with E-state index in [0.29, 0.717) is 18.7 Å². The predicted octanol–water partition coefficient (Wildman–Crippen LogP) is 5.11. The molecule has 2 aromatic heterocycles. The lowest BCUT2D eigenvalue weighted by atomic mass is 9.75. The maximum Gasteiger partial charge on any atom is 0.270 e. The van der Waals surface area contributed by atoms with Gasteiger partial charge in [-0.1, -0.05) is 26.0 Å². The molecule has 1 atom stereocenters. The molecule has 0 spiro atoms. The Balaban J connectivity index is 1.41. The Morgan fingerprint density at radius 1 is 1.27 bits per heavy atom. The number of carbonyl (C=O) groups excluding carboxylic acids is 2. The van der Waals surface area contributed by atoms with Gasteiger partial charge >= 0.3 is 0 Å². The van der Waals surface area contributed by atoms with Crippen molar-refractivity contribution in [3.05, 3.63) is 51.8 Å². The van der Waals surface area contributed by atoms with Crippen molar-refractivity contribution >= 4 is 33.2 Å². The fourth-order valence-electron chi connectivity index (χ4n) is 5.03. The third-order valence-electron chi connectivity index (χ3n) is 6.48. The number of benzene rings is 1. The van der Waals surface area contributed by atoms with Crippen molar-refractivity contribution in [3.63, 3.8) is 0 Å². The molecule has 1 unspecified atom stereocenters. The van der Waals surface area contributed by atoms with Gasteiger partial charge in [-0.2, -0.15) is 0 Å². The van der Waals surface area contributed by atoms with E-state index >= 15 is 0 Å². The average Bonchev–Trinajstić information content (AvgIpc) is 3.28. The van der Waals surface area contributed by atoms with Crippen molar-refractivity contribution in [2.75, 3.05) is 13.1 Å². The molecule has 3 aromatic rings. The molecule has 0 saturated carbocycles. The van der Waals surface area contributed by atoms with E-state index in [1.165, 1.54) is 4.70 Å². The van der Waals surface area contributed by atoms with Crippen LogP contribution in [0.15, 0.2) is 24.3 Å². The number of nitrogens with zero attached hydrogens (tertiary/aromatic N) is 2. The minimum absolute atomic E-state index is 0.0123. The summed E-state index contributed by atoms with van der Waals surface area (Å²) in [6.07, 6.45) is 3.36. The predicted molar refractivity (Wildman–Crippen MR) is 119 cm³/mol. The molecule has 1 aromatic carbocycles. The monoisotopic (exact) mass is 421 g/mol. The second kappa shape index (κ2) is 7.05. The highest BCUT2D eigenvalue weighted by molar-refractivity contribution is 7.18. The van der Waals surface area contributed by atoms with E-state index < -0.39 is 0 Å². The molecule has 0 bridgehead atoms. The second-order valence-corrected chi connectivity index (χ2v) is 10.6. The van der Waals surface area contributed by atoms with E-state index in [9.17, 15) is 9.59 Å². The minimum Gasteiger partial charge on any atom is -0.354 e. The summed E-state index contributed by atoms with van der Waals surface area (Å²) in [7, 11) is 0. The average molecular weight is 422 g/mol. The van der Waals surface area contributed by atoms with E-state index in [4.69, 9.17) is 4.98 Å². The number of carbonyl (C=O) groups is 2. The van der Waals surface area contributed by atoms with Crippen LogP contribution in [0.5, 0.6) is 0 Å². The lowest BCUT2D eigenvalue weighted by Gasteiger charge is -2.31. The van der Waals surface area contributed by atoms with Gasteiger partial charge in [0, 0.05) is 36.7 Å². The van der Waals surface area contributed by atoms with Gasteiger partial charge in [0.25, 0.3) is 5.91 Å². The summed E-state index contributed by atoms with van der Waals surface area (Å²) in [4.78, 5) is 36.2. The zero-order valence-electron chi connectivity index (χ0n) is 17.7. The largest absolute Gasteiger partial charge is 0.354 e. The SMILES string of the molecule is Cc1c(C(=O)N2CCCC(c3nc4ccccc4s3)C2)[nH]c2c1C(=O)CC(C)(C)C2. The summed E-state index contributed by atoms with van der Waals surface area (Å²) in [5, 5.41) is 1.12. The van der Waals surface area contributed by atoms with Crippen LogP contribution in [0.1, 0.15) is 76.1 Å². The topological polar surface area (TPSA) is 66.1 Å². The molecule has 156 valence electrons. The number of aromatic nitrogens is 2. The number of amides is 1. The molecule has 5 nitrogen and oxygen atoms in total. The highest BCUT2D eigenvalue weighted by Gasteiger charge is 2.36. The first-order valence-corrected chi connectivity index (χ1v) is 11.5. The van der Waals surface area contributed by atoms with Crippen molar-refractivity contribution in [2.45, 2.75) is 52.4 Å². The highest BCUT2D eigenvalue weighted by atomic mass is 32.1. The molecule has 2 aliphatic rings. The number of rotatable bonds is 2. The Kier molecular flexibility index (Phi) is 4.58. The number of hydrogen-bond acceptors (Lipinski definition) is 4. The lowest BCUT2D eigenvalue weighted by Crippen LogP contribution is -2.39. The highest BCUT2D eigenvalue weighted by Crippen LogP contribution is 2.38. The minimum atomic E-state index is -0.0647. The third-order valence-corrected chi connectivity index (χ3v) is 7.68. The Bertz CT molecular complexity index is 1120. The molecule has 0 radical (unpaired) electrons. The van der Waals surface area contributed by atoms with E-state index in [0.717, 1.165) is 53.2 Å². The van der Waals surface area contributed by atoms with Gasteiger partial charge in [0.15, 0.2) is 5.78 Å². The molecule has 3 heterocycles. The number of piperidine rings is 1. The summed E-state index contributed by atoms with van der Waals surface area (Å²) in [6, 6.07) is 8.21. The molecule has 1 saturated heterocycles. The van der Waals surface area contributed by atoms with Crippen molar-refractivity contribution in [3.8, 4) is 0 Å². The summed E-state index contributed by atoms with van der Waals surface area (Å²) in [6.45, 7) is 7.56. The van der Waals surface area contributed by atoms with Gasteiger partial charge in [0.05, 0.1) is 15.2 Å². The van der Waals surface area contributed by atoms with E-state index in [1.54, 1.807) is 11.3 Å². The fourth-order valence-corrected chi connectivity index (χ4v) is 6.13. The number of ketones is 1. The Morgan fingerprint density at radius 3 is 2.87 bits per heavy atom. The molecule has 5 rings (SSSR count). The summed E-state index contributed by atoms with van der Waals surface area (Å²) in [5.74, 6) is 0.434. The van der Waals surface area contributed by atoms with Crippen LogP contribution in [0.2, 0.25) is 0 Å². The van der Waals surface area contributed by atoms with Crippen LogP contribution in [0.4, 0.5) is 0 Å². The number of aromatic amines is 1. The van der Waals surface area contributed by atoms with Crippen LogP contribution in [0.3, 0.4) is 0 Å². The number of para-hydroxylation sites is 1. The zero-order valence-corrected chi connectivity index (χ0v) is 18.6. The molecule has 1 N–H and O–H groups in total. The smallest absolute Gasteiger partial charge is 0.270 e. The third kappa shape index (κ3) is 3.27. The van der Waals surface area contributed by atoms with Gasteiger partial charge in [-0.15, -0.1) is 11.3 Å². The normalized spacial score (nSPS) is 21.1. The molecule has 1 amide bonds. The number of nitrogens with one attached hydrogen (secondary N) is 1. The summed E-state index contributed by atoms with van der Waals surface area (Å²) in [5.41, 5.74) is 4.06. The standard InChI is InChI=1S/C24H27N3O2S/c1-14-20-17(11-24(2,3)12-18(20)28)25-21(14)23(29)27-10-6-7-15(13-27)22-26-16-8-4-5-9-19(16)30-22/h4-5,8-9,15,25H,6-7,10-13H2,1-3H3. The molecule has 6 heteroatoms. The molecule has 1 aliphatic heterocycles. The Hall–Kier alpha value is -2.47. The quantitative estimate of drug-likeness (QED) is 0.625. The van der Waals surface area contributed by atoms with Crippen LogP contribution in [0.25, 0.3) is 10.2 Å². The zero-order chi connectivity index (χ0) is 21.0. The van der Waals surface area contributed by atoms with Gasteiger partial charge in [-0.05, 0) is 49.3 Å². The van der Waals surface area contributed by atoms with E-state index in [2.05, 4.69) is 24.9 Å². The van der Waals surface area contributed by atoms with Crippen molar-refractivity contribution < 1.29 is 9.59 Å². The summed E-state index contributed by atoms with van der Waals surface area (Å²) < 4.78 is 1.20. The van der Waals surface area contributed by atoms with Crippen molar-refractivity contribution in [2.24, 2.45) is 5.41 Å². The first kappa shape index (κ1) is 19.5. The van der Waals surface area contributed by atoms with Gasteiger partial charge in [-0.3, -0.25) is 9.59 Å². The Morgan fingerprint density at radius 2 is 2.07 bits per heavy atom.